The molecule has 3 atom stereocenters. The monoisotopic (exact) mass is 210 g/mol. The van der Waals surface area contributed by atoms with Gasteiger partial charge in [0, 0.05) is 31.2 Å². The van der Waals surface area contributed by atoms with E-state index in [-0.39, 0.29) is 0 Å². The lowest BCUT2D eigenvalue weighted by atomic mass is 10.1. The first-order chi connectivity index (χ1) is 7.20. The van der Waals surface area contributed by atoms with Gasteiger partial charge in [0.25, 0.3) is 0 Å². The number of hydrogen-bond donors (Lipinski definition) is 1. The second-order valence-corrected chi connectivity index (χ2v) is 5.63. The van der Waals surface area contributed by atoms with E-state index in [1.54, 1.807) is 0 Å². The molecule has 1 aliphatic carbocycles. The molecule has 0 aromatic carbocycles. The third kappa shape index (κ3) is 2.94. The lowest BCUT2D eigenvalue weighted by Gasteiger charge is -2.31. The number of likely N-dealkylation sites (tertiary alicyclic amines) is 1. The Morgan fingerprint density at radius 2 is 2.07 bits per heavy atom. The minimum atomic E-state index is 0.769. The Kier molecular flexibility index (Phi) is 3.68. The van der Waals surface area contributed by atoms with Crippen molar-refractivity contribution in [1.29, 1.82) is 0 Å². The van der Waals surface area contributed by atoms with Crippen molar-refractivity contribution in [2.45, 2.75) is 64.6 Å². The third-order valence-electron chi connectivity index (χ3n) is 3.99. The summed E-state index contributed by atoms with van der Waals surface area (Å²) in [5, 5.41) is 3.68. The van der Waals surface area contributed by atoms with Gasteiger partial charge in [0.1, 0.15) is 0 Å². The first-order valence-electron chi connectivity index (χ1n) is 6.69. The SMILES string of the molecule is CCC(CNC1CC1)N1CC(C)CC1C. The largest absolute Gasteiger partial charge is 0.312 e. The first-order valence-corrected chi connectivity index (χ1v) is 6.69. The van der Waals surface area contributed by atoms with E-state index in [4.69, 9.17) is 0 Å². The van der Waals surface area contributed by atoms with Gasteiger partial charge in [-0.05, 0) is 38.5 Å². The van der Waals surface area contributed by atoms with Gasteiger partial charge in [0.2, 0.25) is 0 Å². The van der Waals surface area contributed by atoms with E-state index in [0.717, 1.165) is 24.0 Å². The lowest BCUT2D eigenvalue weighted by Crippen LogP contribution is -2.44. The highest BCUT2D eigenvalue weighted by Gasteiger charge is 2.31. The van der Waals surface area contributed by atoms with Crippen LogP contribution in [0.1, 0.15) is 46.5 Å². The molecule has 1 saturated carbocycles. The van der Waals surface area contributed by atoms with Crippen LogP contribution in [0.4, 0.5) is 0 Å². The molecule has 2 fully saturated rings. The van der Waals surface area contributed by atoms with Crippen LogP contribution in [0.2, 0.25) is 0 Å². The van der Waals surface area contributed by atoms with Crippen molar-refractivity contribution < 1.29 is 0 Å². The van der Waals surface area contributed by atoms with Gasteiger partial charge in [-0.15, -0.1) is 0 Å². The van der Waals surface area contributed by atoms with Crippen molar-refractivity contribution in [3.8, 4) is 0 Å². The van der Waals surface area contributed by atoms with Crippen molar-refractivity contribution >= 4 is 0 Å². The molecule has 2 aliphatic rings. The Labute approximate surface area is 94.4 Å². The maximum Gasteiger partial charge on any atom is 0.0221 e. The summed E-state index contributed by atoms with van der Waals surface area (Å²) in [5.74, 6) is 0.898. The Hall–Kier alpha value is -0.0800. The zero-order chi connectivity index (χ0) is 10.8. The maximum atomic E-state index is 3.68. The summed E-state index contributed by atoms with van der Waals surface area (Å²) in [4.78, 5) is 2.72. The van der Waals surface area contributed by atoms with Crippen molar-refractivity contribution in [3.63, 3.8) is 0 Å². The van der Waals surface area contributed by atoms with Gasteiger partial charge in [-0.2, -0.15) is 0 Å². The Morgan fingerprint density at radius 1 is 1.33 bits per heavy atom. The van der Waals surface area contributed by atoms with E-state index >= 15 is 0 Å². The second-order valence-electron chi connectivity index (χ2n) is 5.63. The number of nitrogens with zero attached hydrogens (tertiary/aromatic N) is 1. The molecule has 1 aliphatic heterocycles. The molecule has 0 aromatic heterocycles. The quantitative estimate of drug-likeness (QED) is 0.749. The Morgan fingerprint density at radius 3 is 2.53 bits per heavy atom. The van der Waals surface area contributed by atoms with E-state index in [1.807, 2.05) is 0 Å². The second kappa shape index (κ2) is 4.84. The first kappa shape index (κ1) is 11.4. The molecule has 15 heavy (non-hydrogen) atoms. The van der Waals surface area contributed by atoms with E-state index in [0.29, 0.717) is 0 Å². The number of hydrogen-bond acceptors (Lipinski definition) is 2. The van der Waals surface area contributed by atoms with E-state index in [9.17, 15) is 0 Å². The third-order valence-corrected chi connectivity index (χ3v) is 3.99. The van der Waals surface area contributed by atoms with Gasteiger partial charge < -0.3 is 5.32 Å². The smallest absolute Gasteiger partial charge is 0.0221 e. The summed E-state index contributed by atoms with van der Waals surface area (Å²) in [6.45, 7) is 9.63. The summed E-state index contributed by atoms with van der Waals surface area (Å²) < 4.78 is 0. The standard InChI is InChI=1S/C13H26N2/c1-4-13(8-14-12-5-6-12)15-9-10(2)7-11(15)3/h10-14H,4-9H2,1-3H3. The fraction of sp³-hybridized carbons (Fsp3) is 1.00. The molecule has 1 N–H and O–H groups in total. The average Bonchev–Trinajstić information content (AvgIpc) is 2.95. The number of rotatable bonds is 5. The van der Waals surface area contributed by atoms with Gasteiger partial charge in [-0.3, -0.25) is 4.90 Å². The highest BCUT2D eigenvalue weighted by Crippen LogP contribution is 2.26. The Bertz CT molecular complexity index is 201. The summed E-state index contributed by atoms with van der Waals surface area (Å²) >= 11 is 0. The molecular formula is C13H26N2. The zero-order valence-corrected chi connectivity index (χ0v) is 10.5. The van der Waals surface area contributed by atoms with Crippen molar-refractivity contribution in [2.75, 3.05) is 13.1 Å². The molecular weight excluding hydrogens is 184 g/mol. The number of nitrogens with one attached hydrogen (secondary N) is 1. The van der Waals surface area contributed by atoms with Crippen LogP contribution in [0, 0.1) is 5.92 Å². The normalized spacial score (nSPS) is 34.6. The van der Waals surface area contributed by atoms with Gasteiger partial charge in [0.15, 0.2) is 0 Å². The highest BCUT2D eigenvalue weighted by molar-refractivity contribution is 4.88. The molecule has 1 heterocycles. The van der Waals surface area contributed by atoms with E-state index in [1.165, 1.54) is 38.8 Å². The van der Waals surface area contributed by atoms with Crippen LogP contribution in [-0.4, -0.2) is 36.1 Å². The summed E-state index contributed by atoms with van der Waals surface area (Å²) in [7, 11) is 0. The zero-order valence-electron chi connectivity index (χ0n) is 10.5. The van der Waals surface area contributed by atoms with Crippen LogP contribution >= 0.6 is 0 Å². The Balaban J connectivity index is 1.81. The average molecular weight is 210 g/mol. The van der Waals surface area contributed by atoms with Gasteiger partial charge in [-0.25, -0.2) is 0 Å². The predicted octanol–water partition coefficient (Wildman–Crippen LogP) is 2.25. The molecule has 88 valence electrons. The van der Waals surface area contributed by atoms with E-state index in [2.05, 4.69) is 31.0 Å². The molecule has 0 amide bonds. The van der Waals surface area contributed by atoms with Crippen LogP contribution in [0.3, 0.4) is 0 Å². The van der Waals surface area contributed by atoms with Crippen LogP contribution in [-0.2, 0) is 0 Å². The van der Waals surface area contributed by atoms with Crippen molar-refractivity contribution in [3.05, 3.63) is 0 Å². The molecule has 3 unspecified atom stereocenters. The molecule has 0 aromatic rings. The highest BCUT2D eigenvalue weighted by atomic mass is 15.2. The van der Waals surface area contributed by atoms with Crippen LogP contribution < -0.4 is 5.32 Å². The van der Waals surface area contributed by atoms with E-state index < -0.39 is 0 Å². The van der Waals surface area contributed by atoms with Gasteiger partial charge in [-0.1, -0.05) is 13.8 Å². The minimum Gasteiger partial charge on any atom is -0.312 e. The molecule has 0 spiro atoms. The molecule has 0 radical (unpaired) electrons. The minimum absolute atomic E-state index is 0.769. The van der Waals surface area contributed by atoms with Crippen LogP contribution in [0.25, 0.3) is 0 Å². The maximum absolute atomic E-state index is 3.68. The molecule has 2 nitrogen and oxygen atoms in total. The van der Waals surface area contributed by atoms with Crippen molar-refractivity contribution in [2.24, 2.45) is 5.92 Å². The van der Waals surface area contributed by atoms with Crippen LogP contribution in [0.5, 0.6) is 0 Å². The summed E-state index contributed by atoms with van der Waals surface area (Å²) in [6.07, 6.45) is 5.49. The fourth-order valence-corrected chi connectivity index (χ4v) is 2.93. The molecule has 0 bridgehead atoms. The summed E-state index contributed by atoms with van der Waals surface area (Å²) in [6, 6.07) is 2.42. The van der Waals surface area contributed by atoms with Gasteiger partial charge >= 0.3 is 0 Å². The van der Waals surface area contributed by atoms with Crippen LogP contribution in [0.15, 0.2) is 0 Å². The lowest BCUT2D eigenvalue weighted by molar-refractivity contribution is 0.177. The van der Waals surface area contributed by atoms with Crippen molar-refractivity contribution in [1.82, 2.24) is 10.2 Å². The fourth-order valence-electron chi connectivity index (χ4n) is 2.93. The molecule has 2 heteroatoms. The molecule has 1 saturated heterocycles. The molecule has 2 rings (SSSR count). The predicted molar refractivity (Wildman–Crippen MR) is 65.1 cm³/mol. The van der Waals surface area contributed by atoms with Gasteiger partial charge in [0.05, 0.1) is 0 Å². The summed E-state index contributed by atoms with van der Waals surface area (Å²) in [5.41, 5.74) is 0. The topological polar surface area (TPSA) is 15.3 Å².